The molecule has 82 valence electrons. The molecule has 1 saturated carbocycles. The Morgan fingerprint density at radius 2 is 2.20 bits per heavy atom. The number of carboxylic acid groups (broad SMARTS) is 1. The van der Waals surface area contributed by atoms with Crippen LogP contribution in [-0.4, -0.2) is 31.3 Å². The summed E-state index contributed by atoms with van der Waals surface area (Å²) in [6.07, 6.45) is 5.73. The molecule has 1 heterocycles. The van der Waals surface area contributed by atoms with Gasteiger partial charge in [0, 0.05) is 6.54 Å². The van der Waals surface area contributed by atoms with Crippen LogP contribution >= 0.6 is 0 Å². The highest BCUT2D eigenvalue weighted by atomic mass is 16.4. The highest BCUT2D eigenvalue weighted by Gasteiger charge is 2.40. The number of aromatic nitrogens is 4. The average Bonchev–Trinajstić information content (AvgIpc) is 2.87. The van der Waals surface area contributed by atoms with Crippen LogP contribution in [-0.2, 0) is 11.3 Å². The van der Waals surface area contributed by atoms with Crippen molar-refractivity contribution in [2.75, 3.05) is 0 Å². The molecular weight excluding hydrogens is 196 g/mol. The Kier molecular flexibility index (Phi) is 2.66. The molecule has 0 spiro atoms. The Morgan fingerprint density at radius 1 is 1.47 bits per heavy atom. The monoisotopic (exact) mass is 210 g/mol. The van der Waals surface area contributed by atoms with Gasteiger partial charge in [-0.2, -0.15) is 0 Å². The minimum atomic E-state index is -0.673. The Labute approximate surface area is 87.3 Å². The molecule has 2 rings (SSSR count). The molecule has 1 aliphatic carbocycles. The lowest BCUT2D eigenvalue weighted by atomic mass is 9.83. The van der Waals surface area contributed by atoms with Crippen LogP contribution in [0, 0.1) is 5.41 Å². The van der Waals surface area contributed by atoms with Crippen molar-refractivity contribution < 1.29 is 9.90 Å². The molecule has 15 heavy (non-hydrogen) atoms. The molecule has 0 unspecified atom stereocenters. The third-order valence-corrected chi connectivity index (χ3v) is 3.23. The van der Waals surface area contributed by atoms with E-state index in [0.717, 1.165) is 25.7 Å². The molecule has 1 aromatic heterocycles. The second-order valence-electron chi connectivity index (χ2n) is 4.12. The molecule has 0 radical (unpaired) electrons. The number of hydrogen-bond acceptors (Lipinski definition) is 4. The molecule has 0 atom stereocenters. The van der Waals surface area contributed by atoms with Gasteiger partial charge in [-0.3, -0.25) is 4.79 Å². The summed E-state index contributed by atoms with van der Waals surface area (Å²) in [5.41, 5.74) is -0.536. The summed E-state index contributed by atoms with van der Waals surface area (Å²) in [7, 11) is 0. The van der Waals surface area contributed by atoms with E-state index in [0.29, 0.717) is 13.0 Å². The summed E-state index contributed by atoms with van der Waals surface area (Å²) in [5.74, 6) is -0.673. The highest BCUT2D eigenvalue weighted by molar-refractivity contribution is 5.74. The Balaban J connectivity index is 1.99. The first-order valence-electron chi connectivity index (χ1n) is 5.17. The molecule has 1 aromatic rings. The molecule has 0 saturated heterocycles. The topological polar surface area (TPSA) is 80.9 Å². The molecule has 1 N–H and O–H groups in total. The third-order valence-electron chi connectivity index (χ3n) is 3.23. The van der Waals surface area contributed by atoms with Crippen molar-refractivity contribution >= 4 is 5.97 Å². The number of rotatable bonds is 4. The van der Waals surface area contributed by atoms with Gasteiger partial charge < -0.3 is 5.11 Å². The molecule has 0 amide bonds. The molecular formula is C9H14N4O2. The smallest absolute Gasteiger partial charge is 0.309 e. The van der Waals surface area contributed by atoms with E-state index in [-0.39, 0.29) is 0 Å². The van der Waals surface area contributed by atoms with E-state index in [1.807, 2.05) is 0 Å². The van der Waals surface area contributed by atoms with E-state index >= 15 is 0 Å². The summed E-state index contributed by atoms with van der Waals surface area (Å²) >= 11 is 0. The van der Waals surface area contributed by atoms with Gasteiger partial charge in [0.15, 0.2) is 0 Å². The van der Waals surface area contributed by atoms with E-state index in [4.69, 9.17) is 0 Å². The summed E-state index contributed by atoms with van der Waals surface area (Å²) in [4.78, 5) is 11.2. The van der Waals surface area contributed by atoms with Gasteiger partial charge in [0.25, 0.3) is 0 Å². The van der Waals surface area contributed by atoms with Crippen molar-refractivity contribution in [2.45, 2.75) is 38.6 Å². The Bertz CT molecular complexity index is 330. The lowest BCUT2D eigenvalue weighted by Gasteiger charge is -2.22. The number of nitrogens with zero attached hydrogens (tertiary/aromatic N) is 4. The van der Waals surface area contributed by atoms with E-state index < -0.39 is 11.4 Å². The number of aryl methyl sites for hydroxylation is 1. The normalized spacial score (nSPS) is 19.2. The highest BCUT2D eigenvalue weighted by Crippen LogP contribution is 2.41. The molecule has 0 aliphatic heterocycles. The van der Waals surface area contributed by atoms with Crippen LogP contribution in [0.5, 0.6) is 0 Å². The number of hydrogen-bond donors (Lipinski definition) is 1. The van der Waals surface area contributed by atoms with E-state index in [1.165, 1.54) is 6.33 Å². The average molecular weight is 210 g/mol. The maximum Gasteiger partial charge on any atom is 0.309 e. The number of tetrazole rings is 1. The fourth-order valence-corrected chi connectivity index (χ4v) is 2.23. The largest absolute Gasteiger partial charge is 0.481 e. The number of aliphatic carboxylic acids is 1. The number of carbonyl (C=O) groups is 1. The van der Waals surface area contributed by atoms with Crippen LogP contribution in [0.25, 0.3) is 0 Å². The molecule has 0 bridgehead atoms. The van der Waals surface area contributed by atoms with Gasteiger partial charge in [-0.25, -0.2) is 4.68 Å². The fourth-order valence-electron chi connectivity index (χ4n) is 2.23. The molecule has 0 aromatic carbocycles. The summed E-state index contributed by atoms with van der Waals surface area (Å²) in [5, 5.41) is 20.0. The Hall–Kier alpha value is -1.46. The maximum atomic E-state index is 11.2. The number of carboxylic acids is 1. The quantitative estimate of drug-likeness (QED) is 0.791. The van der Waals surface area contributed by atoms with Gasteiger partial charge in [0.2, 0.25) is 0 Å². The predicted molar refractivity (Wildman–Crippen MR) is 51.0 cm³/mol. The first-order valence-corrected chi connectivity index (χ1v) is 5.17. The zero-order valence-electron chi connectivity index (χ0n) is 8.46. The zero-order valence-corrected chi connectivity index (χ0v) is 8.46. The summed E-state index contributed by atoms with van der Waals surface area (Å²) in [6.45, 7) is 0.583. The first kappa shape index (κ1) is 10.1. The minimum Gasteiger partial charge on any atom is -0.481 e. The van der Waals surface area contributed by atoms with Crippen LogP contribution in [0.15, 0.2) is 6.33 Å². The second-order valence-corrected chi connectivity index (χ2v) is 4.12. The van der Waals surface area contributed by atoms with Gasteiger partial charge in [0.1, 0.15) is 6.33 Å². The predicted octanol–water partition coefficient (Wildman–Crippen LogP) is 0.708. The molecule has 1 fully saturated rings. The van der Waals surface area contributed by atoms with Gasteiger partial charge in [-0.15, -0.1) is 5.10 Å². The van der Waals surface area contributed by atoms with Crippen molar-refractivity contribution in [1.29, 1.82) is 0 Å². The van der Waals surface area contributed by atoms with Crippen LogP contribution in [0.2, 0.25) is 0 Å². The zero-order chi connectivity index (χ0) is 10.7. The van der Waals surface area contributed by atoms with Crippen molar-refractivity contribution in [1.82, 2.24) is 20.2 Å². The van der Waals surface area contributed by atoms with Crippen LogP contribution in [0.3, 0.4) is 0 Å². The standard InChI is InChI=1S/C9H14N4O2/c14-8(15)9(3-1-2-4-9)5-6-13-7-10-11-12-13/h7H,1-6H2,(H,14,15). The fraction of sp³-hybridized carbons (Fsp3) is 0.778. The molecule has 6 nitrogen and oxygen atoms in total. The van der Waals surface area contributed by atoms with Crippen LogP contribution in [0.4, 0.5) is 0 Å². The van der Waals surface area contributed by atoms with Gasteiger partial charge in [-0.1, -0.05) is 12.8 Å². The van der Waals surface area contributed by atoms with Crippen molar-refractivity contribution in [2.24, 2.45) is 5.41 Å². The van der Waals surface area contributed by atoms with Crippen molar-refractivity contribution in [3.63, 3.8) is 0 Å². The SMILES string of the molecule is O=C(O)C1(CCn2cnnn2)CCCC1. The van der Waals surface area contributed by atoms with Gasteiger partial charge in [0.05, 0.1) is 5.41 Å². The lowest BCUT2D eigenvalue weighted by Crippen LogP contribution is -2.29. The van der Waals surface area contributed by atoms with E-state index in [2.05, 4.69) is 15.5 Å². The van der Waals surface area contributed by atoms with E-state index in [1.54, 1.807) is 4.68 Å². The Morgan fingerprint density at radius 3 is 2.73 bits per heavy atom. The van der Waals surface area contributed by atoms with Crippen molar-refractivity contribution in [3.05, 3.63) is 6.33 Å². The molecule has 1 aliphatic rings. The molecule has 6 heteroatoms. The van der Waals surface area contributed by atoms with E-state index in [9.17, 15) is 9.90 Å². The second kappa shape index (κ2) is 3.96. The van der Waals surface area contributed by atoms with Gasteiger partial charge >= 0.3 is 5.97 Å². The van der Waals surface area contributed by atoms with Crippen molar-refractivity contribution in [3.8, 4) is 0 Å². The summed E-state index contributed by atoms with van der Waals surface area (Å²) in [6, 6.07) is 0. The first-order chi connectivity index (χ1) is 7.23. The lowest BCUT2D eigenvalue weighted by molar-refractivity contribution is -0.149. The van der Waals surface area contributed by atoms with Crippen LogP contribution < -0.4 is 0 Å². The van der Waals surface area contributed by atoms with Gasteiger partial charge in [-0.05, 0) is 29.7 Å². The van der Waals surface area contributed by atoms with Crippen LogP contribution in [0.1, 0.15) is 32.1 Å². The minimum absolute atomic E-state index is 0.536. The maximum absolute atomic E-state index is 11.2. The summed E-state index contributed by atoms with van der Waals surface area (Å²) < 4.78 is 1.59. The third kappa shape index (κ3) is 1.98.